The highest BCUT2D eigenvalue weighted by molar-refractivity contribution is 5.84. The van der Waals surface area contributed by atoms with Gasteiger partial charge >= 0.3 is 0 Å². The van der Waals surface area contributed by atoms with Gasteiger partial charge in [-0.05, 0) is 51.1 Å². The van der Waals surface area contributed by atoms with Crippen LogP contribution in [0.1, 0.15) is 32.3 Å². The Hall–Kier alpha value is -1.35. The van der Waals surface area contributed by atoms with Gasteiger partial charge < -0.3 is 4.90 Å². The maximum absolute atomic E-state index is 13.2. The van der Waals surface area contributed by atoms with Crippen molar-refractivity contribution in [1.29, 1.82) is 0 Å². The highest BCUT2D eigenvalue weighted by Gasteiger charge is 2.52. The van der Waals surface area contributed by atoms with Gasteiger partial charge in [-0.3, -0.25) is 9.69 Å². The van der Waals surface area contributed by atoms with Gasteiger partial charge in [0.15, 0.2) is 0 Å². The summed E-state index contributed by atoms with van der Waals surface area (Å²) in [6.07, 6.45) is 3.19. The largest absolute Gasteiger partial charge is 0.345 e. The zero-order valence-corrected chi connectivity index (χ0v) is 14.1. The topological polar surface area (TPSA) is 23.6 Å². The number of rotatable bonds is 3. The standard InChI is InChI=1S/C19H28N2O/c1-15(2)21-12-10-17-9-11-20(3)18(22)19(17,14-21)13-16-7-5-4-6-8-16/h4-8,15,17H,9-14H2,1-3H3. The Bertz CT molecular complexity index is 527. The maximum atomic E-state index is 13.2. The predicted octanol–water partition coefficient (Wildman–Crippen LogP) is 2.81. The van der Waals surface area contributed by atoms with E-state index in [1.165, 1.54) is 5.56 Å². The van der Waals surface area contributed by atoms with E-state index < -0.39 is 0 Å². The first-order valence-corrected chi connectivity index (χ1v) is 8.56. The van der Waals surface area contributed by atoms with Crippen LogP contribution in [-0.4, -0.2) is 48.4 Å². The molecule has 3 nitrogen and oxygen atoms in total. The number of piperidine rings is 2. The normalized spacial score (nSPS) is 29.7. The SMILES string of the molecule is CC(C)N1CCC2CCN(C)C(=O)C2(Cc2ccccc2)C1. The van der Waals surface area contributed by atoms with Gasteiger partial charge in [0, 0.05) is 26.2 Å². The summed E-state index contributed by atoms with van der Waals surface area (Å²) in [4.78, 5) is 17.6. The Morgan fingerprint density at radius 1 is 1.18 bits per heavy atom. The van der Waals surface area contributed by atoms with Crippen LogP contribution in [-0.2, 0) is 11.2 Å². The minimum absolute atomic E-state index is 0.225. The Morgan fingerprint density at radius 3 is 2.55 bits per heavy atom. The zero-order valence-electron chi connectivity index (χ0n) is 14.1. The first kappa shape index (κ1) is 15.5. The lowest BCUT2D eigenvalue weighted by Gasteiger charge is -2.53. The van der Waals surface area contributed by atoms with Crippen molar-refractivity contribution in [1.82, 2.24) is 9.80 Å². The summed E-state index contributed by atoms with van der Waals surface area (Å²) in [5.41, 5.74) is 1.07. The molecule has 2 aliphatic rings. The average Bonchev–Trinajstić information content (AvgIpc) is 2.52. The molecule has 2 fully saturated rings. The summed E-state index contributed by atoms with van der Waals surface area (Å²) in [5, 5.41) is 0. The Balaban J connectivity index is 1.95. The molecule has 1 amide bonds. The summed E-state index contributed by atoms with van der Waals surface area (Å²) in [6, 6.07) is 11.1. The average molecular weight is 300 g/mol. The van der Waals surface area contributed by atoms with Gasteiger partial charge in [0.1, 0.15) is 0 Å². The number of hydrogen-bond donors (Lipinski definition) is 0. The number of likely N-dealkylation sites (tertiary alicyclic amines) is 2. The minimum Gasteiger partial charge on any atom is -0.345 e. The zero-order chi connectivity index (χ0) is 15.7. The quantitative estimate of drug-likeness (QED) is 0.857. The number of benzene rings is 1. The summed E-state index contributed by atoms with van der Waals surface area (Å²) in [6.45, 7) is 7.45. The molecule has 2 unspecified atom stereocenters. The van der Waals surface area contributed by atoms with E-state index in [2.05, 4.69) is 49.1 Å². The second kappa shape index (κ2) is 6.04. The van der Waals surface area contributed by atoms with Crippen LogP contribution in [0.3, 0.4) is 0 Å². The Morgan fingerprint density at radius 2 is 1.86 bits per heavy atom. The van der Waals surface area contributed by atoms with Crippen LogP contribution in [0.25, 0.3) is 0 Å². The van der Waals surface area contributed by atoms with E-state index in [0.717, 1.165) is 38.9 Å². The molecule has 1 aromatic carbocycles. The van der Waals surface area contributed by atoms with Gasteiger partial charge in [-0.25, -0.2) is 0 Å². The van der Waals surface area contributed by atoms with Crippen molar-refractivity contribution in [3.63, 3.8) is 0 Å². The predicted molar refractivity (Wildman–Crippen MR) is 89.6 cm³/mol. The maximum Gasteiger partial charge on any atom is 0.230 e. The van der Waals surface area contributed by atoms with E-state index in [-0.39, 0.29) is 5.41 Å². The van der Waals surface area contributed by atoms with E-state index in [0.29, 0.717) is 17.9 Å². The minimum atomic E-state index is -0.225. The molecule has 120 valence electrons. The molecule has 0 aliphatic carbocycles. The van der Waals surface area contributed by atoms with Crippen molar-refractivity contribution in [2.75, 3.05) is 26.7 Å². The highest BCUT2D eigenvalue weighted by atomic mass is 16.2. The molecule has 2 saturated heterocycles. The molecule has 0 aromatic heterocycles. The van der Waals surface area contributed by atoms with Gasteiger partial charge in [0.25, 0.3) is 0 Å². The molecule has 0 radical (unpaired) electrons. The molecule has 3 rings (SSSR count). The number of carbonyl (C=O) groups excluding carboxylic acids is 1. The van der Waals surface area contributed by atoms with Crippen molar-refractivity contribution in [3.05, 3.63) is 35.9 Å². The molecule has 22 heavy (non-hydrogen) atoms. The molecule has 0 spiro atoms. The van der Waals surface area contributed by atoms with Crippen molar-refractivity contribution in [2.24, 2.45) is 11.3 Å². The summed E-state index contributed by atoms with van der Waals surface area (Å²) >= 11 is 0. The second-order valence-electron chi connectivity index (χ2n) is 7.38. The number of nitrogens with zero attached hydrogens (tertiary/aromatic N) is 2. The first-order chi connectivity index (χ1) is 10.5. The molecule has 0 N–H and O–H groups in total. The molecular weight excluding hydrogens is 272 g/mol. The van der Waals surface area contributed by atoms with Crippen molar-refractivity contribution < 1.29 is 4.79 Å². The lowest BCUT2D eigenvalue weighted by molar-refractivity contribution is -0.156. The van der Waals surface area contributed by atoms with Crippen LogP contribution in [0.2, 0.25) is 0 Å². The molecule has 3 heteroatoms. The van der Waals surface area contributed by atoms with Crippen LogP contribution in [0.5, 0.6) is 0 Å². The first-order valence-electron chi connectivity index (χ1n) is 8.56. The van der Waals surface area contributed by atoms with Crippen molar-refractivity contribution in [3.8, 4) is 0 Å². The van der Waals surface area contributed by atoms with Crippen LogP contribution in [0.15, 0.2) is 30.3 Å². The molecule has 0 bridgehead atoms. The summed E-state index contributed by atoms with van der Waals surface area (Å²) < 4.78 is 0. The fourth-order valence-corrected chi connectivity index (χ4v) is 4.34. The van der Waals surface area contributed by atoms with E-state index >= 15 is 0 Å². The lowest BCUT2D eigenvalue weighted by atomic mass is 9.63. The monoisotopic (exact) mass is 300 g/mol. The van der Waals surface area contributed by atoms with Gasteiger partial charge in [-0.1, -0.05) is 30.3 Å². The summed E-state index contributed by atoms with van der Waals surface area (Å²) in [5.74, 6) is 0.893. The molecule has 1 aromatic rings. The molecule has 2 heterocycles. The fraction of sp³-hybridized carbons (Fsp3) is 0.632. The third-order valence-electron chi connectivity index (χ3n) is 5.71. The van der Waals surface area contributed by atoms with Crippen LogP contribution >= 0.6 is 0 Å². The number of fused-ring (bicyclic) bond motifs is 1. The fourth-order valence-electron chi connectivity index (χ4n) is 4.34. The van der Waals surface area contributed by atoms with Crippen molar-refractivity contribution in [2.45, 2.75) is 39.2 Å². The number of amides is 1. The van der Waals surface area contributed by atoms with Crippen LogP contribution in [0.4, 0.5) is 0 Å². The summed E-state index contributed by atoms with van der Waals surface area (Å²) in [7, 11) is 1.97. The van der Waals surface area contributed by atoms with Crippen LogP contribution < -0.4 is 0 Å². The van der Waals surface area contributed by atoms with Crippen LogP contribution in [0, 0.1) is 11.3 Å². The highest BCUT2D eigenvalue weighted by Crippen LogP contribution is 2.45. The van der Waals surface area contributed by atoms with Gasteiger partial charge in [-0.2, -0.15) is 0 Å². The molecule has 0 saturated carbocycles. The lowest BCUT2D eigenvalue weighted by Crippen LogP contribution is -2.62. The number of carbonyl (C=O) groups is 1. The van der Waals surface area contributed by atoms with Crippen molar-refractivity contribution >= 4 is 5.91 Å². The molecule has 2 atom stereocenters. The Labute approximate surface area is 134 Å². The van der Waals surface area contributed by atoms with E-state index in [9.17, 15) is 4.79 Å². The second-order valence-corrected chi connectivity index (χ2v) is 7.38. The third kappa shape index (κ3) is 2.67. The molecular formula is C19H28N2O. The van der Waals surface area contributed by atoms with Gasteiger partial charge in [-0.15, -0.1) is 0 Å². The van der Waals surface area contributed by atoms with Gasteiger partial charge in [0.05, 0.1) is 5.41 Å². The van der Waals surface area contributed by atoms with E-state index in [1.807, 2.05) is 11.9 Å². The van der Waals surface area contributed by atoms with Gasteiger partial charge in [0.2, 0.25) is 5.91 Å². The smallest absolute Gasteiger partial charge is 0.230 e. The molecule has 2 aliphatic heterocycles. The number of hydrogen-bond acceptors (Lipinski definition) is 2. The van der Waals surface area contributed by atoms with E-state index in [1.54, 1.807) is 0 Å². The third-order valence-corrected chi connectivity index (χ3v) is 5.71. The van der Waals surface area contributed by atoms with E-state index in [4.69, 9.17) is 0 Å². The Kier molecular flexibility index (Phi) is 4.26.